The van der Waals surface area contributed by atoms with Gasteiger partial charge in [0.25, 0.3) is 5.91 Å². The third-order valence-electron chi connectivity index (χ3n) is 3.70. The number of hydrogen-bond acceptors (Lipinski definition) is 6. The summed E-state index contributed by atoms with van der Waals surface area (Å²) in [4.78, 5) is 28.2. The molecule has 1 amide bonds. The number of carbonyl (C=O) groups excluding carboxylic acids is 1. The number of nitro groups is 1. The highest BCUT2D eigenvalue weighted by molar-refractivity contribution is 7.16. The molecule has 8 heteroatoms. The van der Waals surface area contributed by atoms with Crippen LogP contribution in [0.4, 0.5) is 10.8 Å². The highest BCUT2D eigenvalue weighted by Crippen LogP contribution is 2.35. The van der Waals surface area contributed by atoms with Crippen LogP contribution in [0.3, 0.4) is 0 Å². The molecule has 26 heavy (non-hydrogen) atoms. The molecule has 7 nitrogen and oxygen atoms in total. The fourth-order valence-electron chi connectivity index (χ4n) is 2.46. The zero-order valence-electron chi connectivity index (χ0n) is 14.1. The number of rotatable bonds is 5. The van der Waals surface area contributed by atoms with E-state index in [-0.39, 0.29) is 17.3 Å². The van der Waals surface area contributed by atoms with Crippen molar-refractivity contribution in [1.29, 1.82) is 0 Å². The van der Waals surface area contributed by atoms with Crippen molar-refractivity contribution < 1.29 is 14.5 Å². The Morgan fingerprint density at radius 3 is 2.62 bits per heavy atom. The first-order valence-electron chi connectivity index (χ1n) is 7.66. The number of hydrogen-bond donors (Lipinski definition) is 1. The minimum absolute atomic E-state index is 0.132. The standard InChI is InChI=1S/C18H15N3O4S/c1-11-16(13-8-9-15(25-2)14(10-13)21(23)24)19-18(26-11)20-17(22)12-6-4-3-5-7-12/h3-10H,1-2H3,(H,19,20,22). The van der Waals surface area contributed by atoms with Crippen LogP contribution in [-0.2, 0) is 0 Å². The third-order valence-corrected chi connectivity index (χ3v) is 4.59. The number of aromatic nitrogens is 1. The number of nitro benzene ring substituents is 1. The van der Waals surface area contributed by atoms with Gasteiger partial charge in [0.2, 0.25) is 0 Å². The molecule has 0 fully saturated rings. The topological polar surface area (TPSA) is 94.4 Å². The smallest absolute Gasteiger partial charge is 0.311 e. The lowest BCUT2D eigenvalue weighted by Crippen LogP contribution is -2.11. The van der Waals surface area contributed by atoms with Crippen molar-refractivity contribution in [2.75, 3.05) is 12.4 Å². The number of nitrogens with zero attached hydrogens (tertiary/aromatic N) is 2. The molecular formula is C18H15N3O4S. The van der Waals surface area contributed by atoms with Gasteiger partial charge in [-0.3, -0.25) is 20.2 Å². The number of aryl methyl sites for hydroxylation is 1. The maximum absolute atomic E-state index is 12.2. The Bertz CT molecular complexity index is 970. The van der Waals surface area contributed by atoms with Crippen LogP contribution in [0.2, 0.25) is 0 Å². The molecule has 0 aliphatic heterocycles. The van der Waals surface area contributed by atoms with E-state index in [0.717, 1.165) is 4.88 Å². The van der Waals surface area contributed by atoms with E-state index in [9.17, 15) is 14.9 Å². The Labute approximate surface area is 153 Å². The van der Waals surface area contributed by atoms with Crippen LogP contribution in [0, 0.1) is 17.0 Å². The number of amides is 1. The highest BCUT2D eigenvalue weighted by Gasteiger charge is 2.19. The highest BCUT2D eigenvalue weighted by atomic mass is 32.1. The molecule has 3 aromatic rings. The number of thiazole rings is 1. The van der Waals surface area contributed by atoms with Gasteiger partial charge in [-0.1, -0.05) is 18.2 Å². The van der Waals surface area contributed by atoms with E-state index < -0.39 is 4.92 Å². The second-order valence-corrected chi connectivity index (χ2v) is 6.59. The SMILES string of the molecule is COc1ccc(-c2nc(NC(=O)c3ccccc3)sc2C)cc1[N+](=O)[O-]. The minimum Gasteiger partial charge on any atom is -0.490 e. The van der Waals surface area contributed by atoms with E-state index in [0.29, 0.717) is 22.0 Å². The lowest BCUT2D eigenvalue weighted by atomic mass is 10.1. The summed E-state index contributed by atoms with van der Waals surface area (Å²) in [5.41, 5.74) is 1.57. The fourth-order valence-corrected chi connectivity index (χ4v) is 3.29. The summed E-state index contributed by atoms with van der Waals surface area (Å²) >= 11 is 1.31. The van der Waals surface area contributed by atoms with E-state index in [1.54, 1.807) is 30.3 Å². The number of ether oxygens (including phenoxy) is 1. The van der Waals surface area contributed by atoms with Crippen molar-refractivity contribution in [3.05, 3.63) is 69.1 Å². The van der Waals surface area contributed by atoms with Crippen molar-refractivity contribution >= 4 is 28.1 Å². The molecule has 0 bridgehead atoms. The van der Waals surface area contributed by atoms with Gasteiger partial charge in [-0.2, -0.15) is 0 Å². The Kier molecular flexibility index (Phi) is 4.94. The first-order valence-corrected chi connectivity index (χ1v) is 8.48. The molecule has 0 radical (unpaired) electrons. The molecule has 0 spiro atoms. The molecule has 1 N–H and O–H groups in total. The minimum atomic E-state index is -0.498. The monoisotopic (exact) mass is 369 g/mol. The Hall–Kier alpha value is -3.26. The Balaban J connectivity index is 1.90. The van der Waals surface area contributed by atoms with Crippen molar-refractivity contribution in [2.24, 2.45) is 0 Å². The summed E-state index contributed by atoms with van der Waals surface area (Å²) in [5.74, 6) is -0.0733. The van der Waals surface area contributed by atoms with E-state index >= 15 is 0 Å². The quantitative estimate of drug-likeness (QED) is 0.535. The van der Waals surface area contributed by atoms with Gasteiger partial charge in [0.15, 0.2) is 10.9 Å². The number of carbonyl (C=O) groups is 1. The second-order valence-electron chi connectivity index (χ2n) is 5.39. The van der Waals surface area contributed by atoms with Gasteiger partial charge >= 0.3 is 5.69 Å². The molecule has 0 atom stereocenters. The first-order chi connectivity index (χ1) is 12.5. The maximum Gasteiger partial charge on any atom is 0.311 e. The number of nitrogens with one attached hydrogen (secondary N) is 1. The van der Waals surface area contributed by atoms with Crippen LogP contribution >= 0.6 is 11.3 Å². The second kappa shape index (κ2) is 7.32. The fraction of sp³-hybridized carbons (Fsp3) is 0.111. The molecule has 0 saturated carbocycles. The Morgan fingerprint density at radius 2 is 1.96 bits per heavy atom. The van der Waals surface area contributed by atoms with Gasteiger partial charge < -0.3 is 4.74 Å². The van der Waals surface area contributed by atoms with E-state index in [1.165, 1.54) is 30.6 Å². The summed E-state index contributed by atoms with van der Waals surface area (Å²) in [6, 6.07) is 13.5. The summed E-state index contributed by atoms with van der Waals surface area (Å²) < 4.78 is 5.02. The largest absolute Gasteiger partial charge is 0.490 e. The van der Waals surface area contributed by atoms with E-state index in [2.05, 4.69) is 10.3 Å². The van der Waals surface area contributed by atoms with Crippen LogP contribution in [0.1, 0.15) is 15.2 Å². The summed E-state index contributed by atoms with van der Waals surface area (Å²) in [5, 5.41) is 14.4. The number of anilines is 1. The van der Waals surface area contributed by atoms with Gasteiger partial charge in [0.1, 0.15) is 0 Å². The molecule has 132 valence electrons. The van der Waals surface area contributed by atoms with Crippen molar-refractivity contribution in [3.8, 4) is 17.0 Å². The normalized spacial score (nSPS) is 10.4. The molecule has 3 rings (SSSR count). The van der Waals surface area contributed by atoms with Crippen molar-refractivity contribution in [1.82, 2.24) is 4.98 Å². The van der Waals surface area contributed by atoms with Crippen LogP contribution in [0.15, 0.2) is 48.5 Å². The first kappa shape index (κ1) is 17.6. The predicted octanol–water partition coefficient (Wildman–Crippen LogP) is 4.29. The predicted molar refractivity (Wildman–Crippen MR) is 99.9 cm³/mol. The number of methoxy groups -OCH3 is 1. The molecule has 1 aromatic heterocycles. The molecule has 0 saturated heterocycles. The molecule has 1 heterocycles. The van der Waals surface area contributed by atoms with Crippen molar-refractivity contribution in [2.45, 2.75) is 6.92 Å². The average Bonchev–Trinajstić information content (AvgIpc) is 3.01. The third kappa shape index (κ3) is 3.55. The van der Waals surface area contributed by atoms with Gasteiger partial charge in [-0.25, -0.2) is 4.98 Å². The summed E-state index contributed by atoms with van der Waals surface area (Å²) in [7, 11) is 1.38. The summed E-state index contributed by atoms with van der Waals surface area (Å²) in [6.07, 6.45) is 0. The van der Waals surface area contributed by atoms with Gasteiger partial charge in [-0.15, -0.1) is 11.3 Å². The zero-order chi connectivity index (χ0) is 18.7. The average molecular weight is 369 g/mol. The maximum atomic E-state index is 12.2. The van der Waals surface area contributed by atoms with Crippen LogP contribution in [0.5, 0.6) is 5.75 Å². The van der Waals surface area contributed by atoms with Gasteiger partial charge in [0.05, 0.1) is 17.7 Å². The Morgan fingerprint density at radius 1 is 1.23 bits per heavy atom. The van der Waals surface area contributed by atoms with E-state index in [1.807, 2.05) is 13.0 Å². The van der Waals surface area contributed by atoms with Crippen LogP contribution in [-0.4, -0.2) is 22.9 Å². The molecule has 2 aromatic carbocycles. The van der Waals surface area contributed by atoms with Gasteiger partial charge in [0, 0.05) is 22.1 Å². The van der Waals surface area contributed by atoms with Crippen LogP contribution in [0.25, 0.3) is 11.3 Å². The van der Waals surface area contributed by atoms with Crippen LogP contribution < -0.4 is 10.1 Å². The summed E-state index contributed by atoms with van der Waals surface area (Å²) in [6.45, 7) is 1.85. The molecule has 0 aliphatic rings. The lowest BCUT2D eigenvalue weighted by Gasteiger charge is -2.04. The van der Waals surface area contributed by atoms with E-state index in [4.69, 9.17) is 4.74 Å². The zero-order valence-corrected chi connectivity index (χ0v) is 14.9. The van der Waals surface area contributed by atoms with Gasteiger partial charge in [-0.05, 0) is 31.2 Å². The molecule has 0 aliphatic carbocycles. The lowest BCUT2D eigenvalue weighted by molar-refractivity contribution is -0.385. The van der Waals surface area contributed by atoms with Crippen molar-refractivity contribution in [3.63, 3.8) is 0 Å². The molecule has 0 unspecified atom stereocenters. The number of benzene rings is 2. The molecular weight excluding hydrogens is 354 g/mol.